The minimum Gasteiger partial charge on any atom is -0.370 e. The Morgan fingerprint density at radius 1 is 1.09 bits per heavy atom. The molecule has 1 atom stereocenters. The van der Waals surface area contributed by atoms with Crippen molar-refractivity contribution < 1.29 is 5.11 Å². The Morgan fingerprint density at radius 3 is 2.65 bits per heavy atom. The number of imidazole rings is 1. The highest BCUT2D eigenvalue weighted by molar-refractivity contribution is 7.20. The number of nitrogens with zero attached hydrogens (tertiary/aromatic N) is 5. The van der Waals surface area contributed by atoms with Crippen molar-refractivity contribution in [2.75, 3.05) is 0 Å². The van der Waals surface area contributed by atoms with E-state index < -0.39 is 6.23 Å². The van der Waals surface area contributed by atoms with E-state index in [9.17, 15) is 9.90 Å². The van der Waals surface area contributed by atoms with Crippen LogP contribution in [0.25, 0.3) is 27.1 Å². The van der Waals surface area contributed by atoms with E-state index in [0.29, 0.717) is 34.5 Å². The van der Waals surface area contributed by atoms with E-state index in [4.69, 9.17) is 4.98 Å². The van der Waals surface area contributed by atoms with Gasteiger partial charge in [0, 0.05) is 11.9 Å². The second-order valence-corrected chi connectivity index (χ2v) is 9.26. The van der Waals surface area contributed by atoms with Crippen molar-refractivity contribution in [3.8, 4) is 5.13 Å². The molecule has 6 rings (SSSR count). The summed E-state index contributed by atoms with van der Waals surface area (Å²) in [5, 5.41) is 12.9. The highest BCUT2D eigenvalue weighted by atomic mass is 32.1. The second kappa shape index (κ2) is 8.12. The number of fused-ring (bicyclic) bond motifs is 2. The Bertz CT molecular complexity index is 1630. The van der Waals surface area contributed by atoms with Gasteiger partial charge in [0.15, 0.2) is 0 Å². The summed E-state index contributed by atoms with van der Waals surface area (Å²) in [7, 11) is 0. The molecule has 1 unspecified atom stereocenters. The molecule has 0 spiro atoms. The van der Waals surface area contributed by atoms with E-state index in [0.717, 1.165) is 21.5 Å². The van der Waals surface area contributed by atoms with Gasteiger partial charge in [-0.1, -0.05) is 53.8 Å². The van der Waals surface area contributed by atoms with Gasteiger partial charge in [-0.05, 0) is 30.7 Å². The lowest BCUT2D eigenvalue weighted by atomic mass is 10.2. The molecule has 4 heterocycles. The van der Waals surface area contributed by atoms with Gasteiger partial charge < -0.3 is 15.0 Å². The van der Waals surface area contributed by atoms with E-state index >= 15 is 0 Å². The van der Waals surface area contributed by atoms with Gasteiger partial charge in [-0.25, -0.2) is 9.97 Å². The molecule has 1 aliphatic rings. The maximum Gasteiger partial charge on any atom is 0.283 e. The van der Waals surface area contributed by atoms with Crippen molar-refractivity contribution in [3.63, 3.8) is 0 Å². The molecule has 34 heavy (non-hydrogen) atoms. The zero-order valence-electron chi connectivity index (χ0n) is 18.4. The van der Waals surface area contributed by atoms with Gasteiger partial charge in [0.1, 0.15) is 6.23 Å². The number of aliphatic hydroxyl groups is 1. The largest absolute Gasteiger partial charge is 0.370 e. The van der Waals surface area contributed by atoms with E-state index in [2.05, 4.69) is 9.97 Å². The Labute approximate surface area is 198 Å². The fraction of sp³-hybridized carbons (Fsp3) is 0.160. The molecule has 0 amide bonds. The molecule has 2 aromatic carbocycles. The van der Waals surface area contributed by atoms with Gasteiger partial charge >= 0.3 is 0 Å². The van der Waals surface area contributed by atoms with Gasteiger partial charge in [0.05, 0.1) is 45.9 Å². The Kier molecular flexibility index (Phi) is 4.93. The van der Waals surface area contributed by atoms with Crippen LogP contribution in [-0.2, 0) is 13.1 Å². The van der Waals surface area contributed by atoms with Crippen LogP contribution in [0.5, 0.6) is 0 Å². The Balaban J connectivity index is 1.60. The summed E-state index contributed by atoms with van der Waals surface area (Å²) >= 11 is 1.48. The van der Waals surface area contributed by atoms with Crippen molar-refractivity contribution in [1.29, 1.82) is 0 Å². The molecule has 170 valence electrons. The molecule has 3 aromatic heterocycles. The fourth-order valence-corrected chi connectivity index (χ4v) is 5.44. The number of nitrogens with one attached hydrogen (secondary N) is 1. The number of hydrogen-bond acceptors (Lipinski definition) is 6. The predicted octanol–water partition coefficient (Wildman–Crippen LogP) is 1.76. The third-order valence-corrected chi connectivity index (χ3v) is 7.15. The van der Waals surface area contributed by atoms with Crippen LogP contribution in [0.4, 0.5) is 0 Å². The van der Waals surface area contributed by atoms with Crippen LogP contribution < -0.4 is 16.1 Å². The maximum absolute atomic E-state index is 13.9. The number of rotatable bonds is 5. The summed E-state index contributed by atoms with van der Waals surface area (Å²) in [6.45, 7) is 2.76. The third-order valence-electron chi connectivity index (χ3n) is 6.14. The summed E-state index contributed by atoms with van der Waals surface area (Å²) in [6.07, 6.45) is 4.18. The molecule has 8 nitrogen and oxygen atoms in total. The molecule has 0 saturated carbocycles. The molecule has 0 aliphatic carbocycles. The molecule has 0 fully saturated rings. The van der Waals surface area contributed by atoms with Gasteiger partial charge in [-0.15, -0.1) is 0 Å². The second-order valence-electron chi connectivity index (χ2n) is 8.26. The van der Waals surface area contributed by atoms with E-state index in [1.165, 1.54) is 11.3 Å². The summed E-state index contributed by atoms with van der Waals surface area (Å²) < 4.78 is 4.58. The lowest BCUT2D eigenvalue weighted by Gasteiger charge is -2.30. The van der Waals surface area contributed by atoms with E-state index in [1.807, 2.05) is 66.2 Å². The highest BCUT2D eigenvalue weighted by Crippen LogP contribution is 2.24. The number of aromatic amines is 1. The molecule has 5 aromatic rings. The van der Waals surface area contributed by atoms with Gasteiger partial charge in [-0.3, -0.25) is 9.48 Å². The molecule has 0 saturated heterocycles. The summed E-state index contributed by atoms with van der Waals surface area (Å²) in [5.74, 6) is 0. The van der Waals surface area contributed by atoms with Crippen LogP contribution in [0.15, 0.2) is 71.9 Å². The molecule has 9 heteroatoms. The average molecular weight is 471 g/mol. The van der Waals surface area contributed by atoms with Crippen LogP contribution in [0.2, 0.25) is 0 Å². The van der Waals surface area contributed by atoms with Crippen molar-refractivity contribution in [1.82, 2.24) is 29.2 Å². The highest BCUT2D eigenvalue weighted by Gasteiger charge is 2.26. The number of benzene rings is 2. The SMILES string of the molecule is CC1=c2c(n(Cc3ccccc3)n(-c3nc4ccccc4s3)c2=O)=CC(O)N1Cc1cnc[nH]1. The van der Waals surface area contributed by atoms with Crippen LogP contribution >= 0.6 is 11.3 Å². The Hall–Kier alpha value is -3.95. The number of para-hydroxylation sites is 1. The first-order valence-corrected chi connectivity index (χ1v) is 11.8. The number of H-pyrrole nitrogens is 1. The zero-order valence-corrected chi connectivity index (χ0v) is 19.2. The summed E-state index contributed by atoms with van der Waals surface area (Å²) in [5.41, 5.74) is 3.32. The Morgan fingerprint density at radius 2 is 1.88 bits per heavy atom. The normalized spacial score (nSPS) is 15.5. The predicted molar refractivity (Wildman–Crippen MR) is 132 cm³/mol. The topological polar surface area (TPSA) is 92.0 Å². The molecular weight excluding hydrogens is 448 g/mol. The minimum atomic E-state index is -0.886. The number of hydrogen-bond donors (Lipinski definition) is 2. The number of aliphatic hydroxyl groups excluding tert-OH is 1. The molecule has 1 aliphatic heterocycles. The molecule has 2 N–H and O–H groups in total. The van der Waals surface area contributed by atoms with Crippen molar-refractivity contribution >= 4 is 33.3 Å². The average Bonchev–Trinajstić information content (AvgIpc) is 3.56. The molecular formula is C25H22N6O2S. The smallest absolute Gasteiger partial charge is 0.283 e. The van der Waals surface area contributed by atoms with Crippen molar-refractivity contribution in [3.05, 3.63) is 99.3 Å². The lowest BCUT2D eigenvalue weighted by Crippen LogP contribution is -2.49. The van der Waals surface area contributed by atoms with E-state index in [-0.39, 0.29) is 5.56 Å². The number of thiazole rings is 1. The third kappa shape index (κ3) is 3.37. The van der Waals surface area contributed by atoms with Crippen LogP contribution in [0, 0.1) is 0 Å². The molecule has 0 radical (unpaired) electrons. The van der Waals surface area contributed by atoms with E-state index in [1.54, 1.807) is 28.2 Å². The summed E-state index contributed by atoms with van der Waals surface area (Å²) in [4.78, 5) is 27.6. The maximum atomic E-state index is 13.9. The van der Waals surface area contributed by atoms with Gasteiger partial charge in [0.2, 0.25) is 5.13 Å². The van der Waals surface area contributed by atoms with Crippen molar-refractivity contribution in [2.24, 2.45) is 0 Å². The monoisotopic (exact) mass is 470 g/mol. The number of aromatic nitrogens is 5. The van der Waals surface area contributed by atoms with Crippen LogP contribution in [0.3, 0.4) is 0 Å². The lowest BCUT2D eigenvalue weighted by molar-refractivity contribution is 0.0916. The first-order chi connectivity index (χ1) is 16.6. The first-order valence-electron chi connectivity index (χ1n) is 11.0. The quantitative estimate of drug-likeness (QED) is 0.409. The van der Waals surface area contributed by atoms with Crippen LogP contribution in [0.1, 0.15) is 18.2 Å². The minimum absolute atomic E-state index is 0.153. The van der Waals surface area contributed by atoms with Crippen LogP contribution in [-0.4, -0.2) is 40.5 Å². The molecule has 0 bridgehead atoms. The summed E-state index contributed by atoms with van der Waals surface area (Å²) in [6, 6.07) is 17.8. The van der Waals surface area contributed by atoms with Gasteiger partial charge in [0.25, 0.3) is 5.56 Å². The first kappa shape index (κ1) is 20.6. The standard InChI is InChI=1S/C25H22N6O2S/c1-16-23-20(11-22(32)29(16)14-18-12-26-15-27-18)30(13-17-7-3-2-4-8-17)31(24(23)33)25-28-19-9-5-6-10-21(19)34-25/h2-12,15,22,32H,13-14H2,1H3,(H,26,27). The van der Waals surface area contributed by atoms with Gasteiger partial charge in [-0.2, -0.15) is 4.68 Å². The fourth-order valence-electron chi connectivity index (χ4n) is 4.46. The van der Waals surface area contributed by atoms with Crippen molar-refractivity contribution in [2.45, 2.75) is 26.2 Å². The zero-order chi connectivity index (χ0) is 23.2.